The Morgan fingerprint density at radius 1 is 1.25 bits per heavy atom. The van der Waals surface area contributed by atoms with Crippen molar-refractivity contribution in [3.05, 3.63) is 48.4 Å². The number of nitrogens with two attached hydrogens (primary N) is 1. The molecule has 100 valence electrons. The third-order valence-electron chi connectivity index (χ3n) is 2.67. The van der Waals surface area contributed by atoms with E-state index in [0.717, 1.165) is 5.69 Å². The maximum atomic E-state index is 11.9. The minimum Gasteiger partial charge on any atom is -0.399 e. The molecule has 3 aromatic rings. The number of aromatic nitrogens is 5. The fourth-order valence-electron chi connectivity index (χ4n) is 1.71. The third-order valence-corrected chi connectivity index (χ3v) is 2.67. The van der Waals surface area contributed by atoms with Gasteiger partial charge in [-0.3, -0.25) is 4.79 Å². The van der Waals surface area contributed by atoms with Gasteiger partial charge in [-0.05, 0) is 24.3 Å². The van der Waals surface area contributed by atoms with Crippen molar-refractivity contribution in [3.63, 3.8) is 0 Å². The van der Waals surface area contributed by atoms with Crippen LogP contribution in [0, 0.1) is 0 Å². The molecular weight excluding hydrogens is 258 g/mol. The number of nitrogen functional groups attached to an aromatic ring is 1. The van der Waals surface area contributed by atoms with E-state index < -0.39 is 0 Å². The number of amides is 1. The fraction of sp³-hybridized carbons (Fsp3) is 0. The fourth-order valence-corrected chi connectivity index (χ4v) is 1.71. The highest BCUT2D eigenvalue weighted by molar-refractivity contribution is 6.02. The summed E-state index contributed by atoms with van der Waals surface area (Å²) in [5, 5.41) is 16.6. The molecule has 0 aliphatic rings. The molecule has 8 heteroatoms. The molecule has 1 aromatic carbocycles. The van der Waals surface area contributed by atoms with Crippen LogP contribution in [-0.4, -0.2) is 31.1 Å². The van der Waals surface area contributed by atoms with Crippen LogP contribution in [0.1, 0.15) is 10.5 Å². The van der Waals surface area contributed by atoms with Crippen LogP contribution in [0.15, 0.2) is 42.7 Å². The van der Waals surface area contributed by atoms with Crippen molar-refractivity contribution in [1.82, 2.24) is 25.2 Å². The standard InChI is InChI=1S/C12H11N7O/c13-8-1-3-9(4-2-8)19-11(5-6-15-19)16-12(20)10-7-14-18-17-10/h1-7H,13H2,(H,16,20)(H,14,17,18). The van der Waals surface area contributed by atoms with Crippen LogP contribution in [0.25, 0.3) is 5.69 Å². The molecule has 0 saturated carbocycles. The van der Waals surface area contributed by atoms with E-state index in [4.69, 9.17) is 5.73 Å². The molecule has 0 radical (unpaired) electrons. The predicted molar refractivity (Wildman–Crippen MR) is 72.3 cm³/mol. The number of nitrogens with zero attached hydrogens (tertiary/aromatic N) is 4. The Balaban J connectivity index is 1.87. The second-order valence-corrected chi connectivity index (χ2v) is 4.03. The molecule has 3 rings (SSSR count). The molecular formula is C12H11N7O. The van der Waals surface area contributed by atoms with E-state index in [-0.39, 0.29) is 11.6 Å². The van der Waals surface area contributed by atoms with E-state index in [0.29, 0.717) is 11.5 Å². The lowest BCUT2D eigenvalue weighted by Crippen LogP contribution is -2.15. The molecule has 2 heterocycles. The van der Waals surface area contributed by atoms with Crippen LogP contribution < -0.4 is 11.1 Å². The molecule has 20 heavy (non-hydrogen) atoms. The average Bonchev–Trinajstić information content (AvgIpc) is 3.10. The van der Waals surface area contributed by atoms with Gasteiger partial charge in [-0.25, -0.2) is 4.68 Å². The number of carbonyl (C=O) groups excluding carboxylic acids is 1. The van der Waals surface area contributed by atoms with Gasteiger partial charge in [-0.1, -0.05) is 0 Å². The van der Waals surface area contributed by atoms with Gasteiger partial charge in [0.2, 0.25) is 0 Å². The van der Waals surface area contributed by atoms with E-state index in [1.807, 2.05) is 12.1 Å². The number of anilines is 2. The van der Waals surface area contributed by atoms with Gasteiger partial charge in [0.1, 0.15) is 5.82 Å². The Bertz CT molecular complexity index is 715. The van der Waals surface area contributed by atoms with Crippen molar-refractivity contribution in [2.75, 3.05) is 11.1 Å². The van der Waals surface area contributed by atoms with Crippen molar-refractivity contribution >= 4 is 17.4 Å². The van der Waals surface area contributed by atoms with E-state index in [9.17, 15) is 4.79 Å². The van der Waals surface area contributed by atoms with Crippen LogP contribution in [0.3, 0.4) is 0 Å². The first kappa shape index (κ1) is 11.9. The Morgan fingerprint density at radius 2 is 2.05 bits per heavy atom. The largest absolute Gasteiger partial charge is 0.399 e. The highest BCUT2D eigenvalue weighted by atomic mass is 16.2. The topological polar surface area (TPSA) is 115 Å². The van der Waals surface area contributed by atoms with Crippen LogP contribution in [0.2, 0.25) is 0 Å². The molecule has 0 fully saturated rings. The first-order valence-electron chi connectivity index (χ1n) is 5.81. The zero-order valence-electron chi connectivity index (χ0n) is 10.3. The van der Waals surface area contributed by atoms with Crippen LogP contribution >= 0.6 is 0 Å². The smallest absolute Gasteiger partial charge is 0.278 e. The zero-order chi connectivity index (χ0) is 13.9. The zero-order valence-corrected chi connectivity index (χ0v) is 10.3. The minimum absolute atomic E-state index is 0.204. The number of hydrogen-bond acceptors (Lipinski definition) is 5. The Kier molecular flexibility index (Phi) is 2.88. The van der Waals surface area contributed by atoms with Crippen molar-refractivity contribution in [3.8, 4) is 5.69 Å². The summed E-state index contributed by atoms with van der Waals surface area (Å²) in [4.78, 5) is 11.9. The molecule has 0 aliphatic carbocycles. The monoisotopic (exact) mass is 269 g/mol. The Morgan fingerprint density at radius 3 is 2.75 bits per heavy atom. The molecule has 4 N–H and O–H groups in total. The number of nitrogens with one attached hydrogen (secondary N) is 2. The number of benzene rings is 1. The number of H-pyrrole nitrogens is 1. The van der Waals surface area contributed by atoms with Gasteiger partial charge in [-0.15, -0.1) is 0 Å². The summed E-state index contributed by atoms with van der Waals surface area (Å²) in [5.41, 5.74) is 7.30. The summed E-state index contributed by atoms with van der Waals surface area (Å²) >= 11 is 0. The molecule has 8 nitrogen and oxygen atoms in total. The molecule has 0 unspecified atom stereocenters. The summed E-state index contributed by atoms with van der Waals surface area (Å²) in [6.45, 7) is 0. The minimum atomic E-state index is -0.365. The van der Waals surface area contributed by atoms with Gasteiger partial charge in [-0.2, -0.15) is 20.5 Å². The maximum absolute atomic E-state index is 11.9. The molecule has 0 aliphatic heterocycles. The van der Waals surface area contributed by atoms with Crippen molar-refractivity contribution in [1.29, 1.82) is 0 Å². The lowest BCUT2D eigenvalue weighted by Gasteiger charge is -2.08. The van der Waals surface area contributed by atoms with Crippen molar-refractivity contribution < 1.29 is 4.79 Å². The number of rotatable bonds is 3. The van der Waals surface area contributed by atoms with E-state index >= 15 is 0 Å². The van der Waals surface area contributed by atoms with E-state index in [2.05, 4.69) is 25.8 Å². The average molecular weight is 269 g/mol. The normalized spacial score (nSPS) is 10.4. The van der Waals surface area contributed by atoms with Gasteiger partial charge in [0, 0.05) is 11.8 Å². The van der Waals surface area contributed by atoms with E-state index in [1.54, 1.807) is 29.1 Å². The third kappa shape index (κ3) is 2.21. The quantitative estimate of drug-likeness (QED) is 0.609. The van der Waals surface area contributed by atoms with Crippen molar-refractivity contribution in [2.24, 2.45) is 0 Å². The van der Waals surface area contributed by atoms with Gasteiger partial charge < -0.3 is 11.1 Å². The number of hydrogen-bond donors (Lipinski definition) is 3. The van der Waals surface area contributed by atoms with Gasteiger partial charge in [0.25, 0.3) is 5.91 Å². The number of aromatic amines is 1. The molecule has 0 saturated heterocycles. The Labute approximate surface area is 113 Å². The molecule has 2 aromatic heterocycles. The van der Waals surface area contributed by atoms with Gasteiger partial charge >= 0.3 is 0 Å². The highest BCUT2D eigenvalue weighted by Crippen LogP contribution is 2.16. The summed E-state index contributed by atoms with van der Waals surface area (Å²) in [6, 6.07) is 8.84. The summed E-state index contributed by atoms with van der Waals surface area (Å²) < 4.78 is 1.59. The summed E-state index contributed by atoms with van der Waals surface area (Å²) in [6.07, 6.45) is 2.94. The molecule has 0 spiro atoms. The van der Waals surface area contributed by atoms with Gasteiger partial charge in [0.05, 0.1) is 18.1 Å². The predicted octanol–water partition coefficient (Wildman–Crippen LogP) is 0.825. The van der Waals surface area contributed by atoms with E-state index in [1.165, 1.54) is 6.20 Å². The van der Waals surface area contributed by atoms with Crippen LogP contribution in [0.4, 0.5) is 11.5 Å². The second-order valence-electron chi connectivity index (χ2n) is 4.03. The lowest BCUT2D eigenvalue weighted by atomic mass is 10.3. The highest BCUT2D eigenvalue weighted by Gasteiger charge is 2.12. The summed E-state index contributed by atoms with van der Waals surface area (Å²) in [5.74, 6) is 0.165. The van der Waals surface area contributed by atoms with Gasteiger partial charge in [0.15, 0.2) is 5.69 Å². The first-order valence-corrected chi connectivity index (χ1v) is 5.81. The first-order chi connectivity index (χ1) is 9.74. The summed E-state index contributed by atoms with van der Waals surface area (Å²) in [7, 11) is 0. The van der Waals surface area contributed by atoms with Crippen molar-refractivity contribution in [2.45, 2.75) is 0 Å². The van der Waals surface area contributed by atoms with Crippen LogP contribution in [-0.2, 0) is 0 Å². The SMILES string of the molecule is Nc1ccc(-n2nccc2NC(=O)c2cn[nH]n2)cc1. The second kappa shape index (κ2) is 4.84. The Hall–Kier alpha value is -3.16. The molecule has 0 bridgehead atoms. The van der Waals surface area contributed by atoms with Crippen LogP contribution in [0.5, 0.6) is 0 Å². The molecule has 1 amide bonds. The number of carbonyl (C=O) groups is 1. The lowest BCUT2D eigenvalue weighted by molar-refractivity contribution is 0.102. The maximum Gasteiger partial charge on any atom is 0.278 e. The molecule has 0 atom stereocenters.